The minimum Gasteiger partial charge on any atom is -0.496 e. The van der Waals surface area contributed by atoms with E-state index in [1.165, 1.54) is 37.1 Å². The molecular weight excluding hydrogens is 462 g/mol. The Morgan fingerprint density at radius 3 is 1.83 bits per heavy atom. The minimum absolute atomic E-state index is 0.0620. The summed E-state index contributed by atoms with van der Waals surface area (Å²) in [5.41, 5.74) is 0.795. The van der Waals surface area contributed by atoms with Gasteiger partial charge in [0.1, 0.15) is 22.9 Å². The smallest absolute Gasteiger partial charge is 0.331 e. The summed E-state index contributed by atoms with van der Waals surface area (Å²) in [7, 11) is 2.96. The summed E-state index contributed by atoms with van der Waals surface area (Å²) in [4.78, 5) is 56.9. The summed E-state index contributed by atoms with van der Waals surface area (Å²) in [5.74, 6) is 0.103. The van der Waals surface area contributed by atoms with Gasteiger partial charge in [0.25, 0.3) is 5.56 Å². The van der Waals surface area contributed by atoms with Gasteiger partial charge in [-0.3, -0.25) is 23.5 Å². The van der Waals surface area contributed by atoms with Crippen molar-refractivity contribution >= 4 is 11.6 Å². The number of benzene rings is 2. The van der Waals surface area contributed by atoms with Crippen LogP contribution in [0.2, 0.25) is 0 Å². The molecule has 4 aromatic rings. The third-order valence-corrected chi connectivity index (χ3v) is 6.11. The molecule has 0 saturated heterocycles. The van der Waals surface area contributed by atoms with Crippen molar-refractivity contribution in [2.24, 2.45) is 0 Å². The van der Waals surface area contributed by atoms with Crippen molar-refractivity contribution < 1.29 is 19.1 Å². The number of carbonyl (C=O) groups is 2. The number of fused-ring (bicyclic) bond motifs is 8. The van der Waals surface area contributed by atoms with E-state index in [1.54, 1.807) is 48.5 Å². The van der Waals surface area contributed by atoms with E-state index in [9.17, 15) is 19.2 Å². The lowest BCUT2D eigenvalue weighted by Crippen LogP contribution is -2.39. The Morgan fingerprint density at radius 1 is 0.722 bits per heavy atom. The number of carbonyl (C=O) groups excluding carboxylic acids is 2. The second kappa shape index (κ2) is 9.10. The lowest BCUT2D eigenvalue weighted by atomic mass is 10.0. The predicted octanol–water partition coefficient (Wildman–Crippen LogP) is 2.29. The molecule has 0 amide bonds. The molecule has 1 aliphatic heterocycles. The molecule has 0 aliphatic carbocycles. The van der Waals surface area contributed by atoms with Gasteiger partial charge in [0.05, 0.1) is 27.3 Å². The zero-order valence-corrected chi connectivity index (χ0v) is 19.6. The fraction of sp³-hybridized carbons (Fsp3) is 0.148. The van der Waals surface area contributed by atoms with Crippen LogP contribution in [0.1, 0.15) is 43.2 Å². The van der Waals surface area contributed by atoms with E-state index in [0.29, 0.717) is 28.2 Å². The van der Waals surface area contributed by atoms with Crippen LogP contribution >= 0.6 is 0 Å². The van der Waals surface area contributed by atoms with Crippen LogP contribution in [-0.4, -0.2) is 39.9 Å². The predicted molar refractivity (Wildman–Crippen MR) is 130 cm³/mol. The molecule has 0 atom stereocenters. The van der Waals surface area contributed by atoms with Gasteiger partial charge in [0.2, 0.25) is 11.6 Å². The van der Waals surface area contributed by atoms with Gasteiger partial charge in [-0.15, -0.1) is 0 Å². The molecule has 9 nitrogen and oxygen atoms in total. The van der Waals surface area contributed by atoms with E-state index >= 15 is 0 Å². The number of hydrogen-bond donors (Lipinski definition) is 0. The monoisotopic (exact) mass is 483 g/mol. The number of ether oxygens (including phenoxy) is 2. The Hall–Kier alpha value is -4.79. The molecule has 0 unspecified atom stereocenters. The molecule has 0 radical (unpaired) electrons. The zero-order valence-electron chi connectivity index (χ0n) is 19.6. The highest BCUT2D eigenvalue weighted by atomic mass is 16.5. The van der Waals surface area contributed by atoms with E-state index in [0.717, 1.165) is 4.57 Å². The van der Waals surface area contributed by atoms with Gasteiger partial charge in [-0.05, 0) is 48.5 Å². The molecule has 8 bridgehead atoms. The molecule has 2 aromatic carbocycles. The molecule has 3 heterocycles. The highest BCUT2D eigenvalue weighted by molar-refractivity contribution is 6.11. The quantitative estimate of drug-likeness (QED) is 0.379. The first kappa shape index (κ1) is 23.0. The standard InChI is InChI=1S/C27H21N3O6/c1-35-22-8-6-16-12-18(22)14-29-11-10-24(31)30(27(29)34)15-19-13-17(7-9-23(19)36-2)26(33)21-5-3-4-20(28-21)25(16)32/h3-13H,14-15H2,1-2H3. The Morgan fingerprint density at radius 2 is 1.28 bits per heavy atom. The van der Waals surface area contributed by atoms with Gasteiger partial charge in [-0.25, -0.2) is 9.78 Å². The van der Waals surface area contributed by atoms with E-state index < -0.39 is 17.0 Å². The summed E-state index contributed by atoms with van der Waals surface area (Å²) < 4.78 is 13.3. The number of nitrogens with zero attached hydrogens (tertiary/aromatic N) is 3. The number of pyridine rings is 1. The number of hydrogen-bond acceptors (Lipinski definition) is 7. The van der Waals surface area contributed by atoms with Crippen LogP contribution in [0.3, 0.4) is 0 Å². The molecule has 0 N–H and O–H groups in total. The van der Waals surface area contributed by atoms with Gasteiger partial charge in [0.15, 0.2) is 0 Å². The van der Waals surface area contributed by atoms with Crippen molar-refractivity contribution in [3.63, 3.8) is 0 Å². The molecule has 180 valence electrons. The first-order valence-electron chi connectivity index (χ1n) is 11.1. The maximum atomic E-state index is 13.3. The van der Waals surface area contributed by atoms with Gasteiger partial charge in [-0.1, -0.05) is 6.07 Å². The van der Waals surface area contributed by atoms with Crippen LogP contribution in [0.15, 0.2) is 76.4 Å². The molecule has 9 heteroatoms. The molecule has 2 aromatic heterocycles. The highest BCUT2D eigenvalue weighted by Gasteiger charge is 2.20. The second-order valence-electron chi connectivity index (χ2n) is 8.27. The Labute approximate surface area is 205 Å². The normalized spacial score (nSPS) is 12.8. The molecule has 5 rings (SSSR count). The van der Waals surface area contributed by atoms with E-state index in [2.05, 4.69) is 4.98 Å². The summed E-state index contributed by atoms with van der Waals surface area (Å²) in [6.45, 7) is -0.0432. The third-order valence-electron chi connectivity index (χ3n) is 6.11. The summed E-state index contributed by atoms with van der Waals surface area (Å²) >= 11 is 0. The van der Waals surface area contributed by atoms with Crippen molar-refractivity contribution in [1.29, 1.82) is 0 Å². The van der Waals surface area contributed by atoms with Crippen LogP contribution in [0.5, 0.6) is 11.5 Å². The van der Waals surface area contributed by atoms with E-state index in [-0.39, 0.29) is 35.8 Å². The third kappa shape index (κ3) is 4.00. The van der Waals surface area contributed by atoms with Crippen molar-refractivity contribution in [3.8, 4) is 11.5 Å². The number of rotatable bonds is 2. The van der Waals surface area contributed by atoms with Crippen molar-refractivity contribution in [3.05, 3.63) is 121 Å². The second-order valence-corrected chi connectivity index (χ2v) is 8.27. The summed E-state index contributed by atoms with van der Waals surface area (Å²) in [6.07, 6.45) is 1.40. The Kier molecular flexibility index (Phi) is 5.81. The molecular formula is C27H21N3O6. The van der Waals surface area contributed by atoms with Gasteiger partial charge < -0.3 is 9.47 Å². The first-order chi connectivity index (χ1) is 17.4. The van der Waals surface area contributed by atoms with Crippen LogP contribution in [0, 0.1) is 0 Å². The lowest BCUT2D eigenvalue weighted by Gasteiger charge is -2.15. The number of ketones is 2. The van der Waals surface area contributed by atoms with Crippen molar-refractivity contribution in [2.75, 3.05) is 14.2 Å². The molecule has 0 fully saturated rings. The Balaban J connectivity index is 1.78. The summed E-state index contributed by atoms with van der Waals surface area (Å²) in [6, 6.07) is 15.6. The van der Waals surface area contributed by atoms with Gasteiger partial charge >= 0.3 is 5.69 Å². The van der Waals surface area contributed by atoms with E-state index in [1.807, 2.05) is 0 Å². The Bertz CT molecular complexity index is 1650. The van der Waals surface area contributed by atoms with Gasteiger partial charge in [0, 0.05) is 34.5 Å². The van der Waals surface area contributed by atoms with Crippen LogP contribution in [0.25, 0.3) is 0 Å². The average molecular weight is 483 g/mol. The molecule has 36 heavy (non-hydrogen) atoms. The lowest BCUT2D eigenvalue weighted by molar-refractivity contribution is 0.103. The fourth-order valence-corrected chi connectivity index (χ4v) is 4.25. The van der Waals surface area contributed by atoms with Crippen LogP contribution in [-0.2, 0) is 13.1 Å². The summed E-state index contributed by atoms with van der Waals surface area (Å²) in [5, 5.41) is 0. The zero-order chi connectivity index (χ0) is 25.4. The van der Waals surface area contributed by atoms with Crippen LogP contribution < -0.4 is 20.7 Å². The molecule has 0 spiro atoms. The van der Waals surface area contributed by atoms with Crippen molar-refractivity contribution in [1.82, 2.24) is 14.1 Å². The maximum absolute atomic E-state index is 13.3. The topological polar surface area (TPSA) is 109 Å². The number of methoxy groups -OCH3 is 2. The van der Waals surface area contributed by atoms with E-state index in [4.69, 9.17) is 9.47 Å². The van der Waals surface area contributed by atoms with Gasteiger partial charge in [-0.2, -0.15) is 0 Å². The largest absolute Gasteiger partial charge is 0.496 e. The molecule has 0 saturated carbocycles. The average Bonchev–Trinajstić information content (AvgIpc) is 2.91. The molecule has 1 aliphatic rings. The SMILES string of the molecule is COc1ccc2cc1Cn1ccc(=O)n(c1=O)Cc1cc(ccc1OC)C(=O)c1cccc(n1)C2=O. The van der Waals surface area contributed by atoms with Crippen molar-refractivity contribution in [2.45, 2.75) is 13.1 Å². The minimum atomic E-state index is -0.556. The first-order valence-corrected chi connectivity index (χ1v) is 11.1. The number of aromatic nitrogens is 3. The van der Waals surface area contributed by atoms with Crippen LogP contribution in [0.4, 0.5) is 0 Å². The fourth-order valence-electron chi connectivity index (χ4n) is 4.25. The maximum Gasteiger partial charge on any atom is 0.331 e. The highest BCUT2D eigenvalue weighted by Crippen LogP contribution is 2.24.